The standard InChI is InChI=1S/C17H20N2O2/c1-2-15(16-7-4-10-21-16)18-14-6-3-5-12(11-14)17(20)19-13-8-9-13/h3-7,10-11,13,15,18H,2,8-9H2,1H3,(H,19,20). The van der Waals surface area contributed by atoms with Gasteiger partial charge in [-0.05, 0) is 49.6 Å². The third-order valence-corrected chi connectivity index (χ3v) is 3.67. The van der Waals surface area contributed by atoms with Gasteiger partial charge in [-0.3, -0.25) is 4.79 Å². The molecular weight excluding hydrogens is 264 g/mol. The van der Waals surface area contributed by atoms with Crippen LogP contribution in [0.4, 0.5) is 5.69 Å². The highest BCUT2D eigenvalue weighted by molar-refractivity contribution is 5.95. The number of hydrogen-bond acceptors (Lipinski definition) is 3. The van der Waals surface area contributed by atoms with Crippen LogP contribution < -0.4 is 10.6 Å². The van der Waals surface area contributed by atoms with Gasteiger partial charge >= 0.3 is 0 Å². The molecule has 3 rings (SSSR count). The summed E-state index contributed by atoms with van der Waals surface area (Å²) in [7, 11) is 0. The summed E-state index contributed by atoms with van der Waals surface area (Å²) in [6, 6.07) is 11.9. The van der Waals surface area contributed by atoms with E-state index in [4.69, 9.17) is 4.42 Å². The second-order valence-corrected chi connectivity index (χ2v) is 5.45. The van der Waals surface area contributed by atoms with E-state index in [1.165, 1.54) is 0 Å². The van der Waals surface area contributed by atoms with Crippen molar-refractivity contribution in [3.63, 3.8) is 0 Å². The van der Waals surface area contributed by atoms with E-state index in [1.54, 1.807) is 6.26 Å². The first-order valence-corrected chi connectivity index (χ1v) is 7.47. The molecule has 0 spiro atoms. The van der Waals surface area contributed by atoms with Crippen LogP contribution in [0.1, 0.15) is 48.3 Å². The SMILES string of the molecule is CCC(Nc1cccc(C(=O)NC2CC2)c1)c1ccco1. The van der Waals surface area contributed by atoms with Crippen molar-refractivity contribution in [1.29, 1.82) is 0 Å². The molecule has 2 N–H and O–H groups in total. The Morgan fingerprint density at radius 1 is 1.33 bits per heavy atom. The second-order valence-electron chi connectivity index (χ2n) is 5.45. The number of nitrogens with one attached hydrogen (secondary N) is 2. The molecule has 0 aliphatic heterocycles. The quantitative estimate of drug-likeness (QED) is 0.849. The highest BCUT2D eigenvalue weighted by atomic mass is 16.3. The van der Waals surface area contributed by atoms with Gasteiger partial charge in [-0.25, -0.2) is 0 Å². The molecule has 1 aromatic carbocycles. The summed E-state index contributed by atoms with van der Waals surface area (Å²) in [6.07, 6.45) is 4.78. The summed E-state index contributed by atoms with van der Waals surface area (Å²) in [5.41, 5.74) is 1.63. The summed E-state index contributed by atoms with van der Waals surface area (Å²) in [5, 5.41) is 6.43. The smallest absolute Gasteiger partial charge is 0.251 e. The van der Waals surface area contributed by atoms with Crippen molar-refractivity contribution in [3.05, 3.63) is 54.0 Å². The number of hydrogen-bond donors (Lipinski definition) is 2. The van der Waals surface area contributed by atoms with Crippen LogP contribution in [0.25, 0.3) is 0 Å². The van der Waals surface area contributed by atoms with E-state index in [0.29, 0.717) is 11.6 Å². The maximum Gasteiger partial charge on any atom is 0.251 e. The summed E-state index contributed by atoms with van der Waals surface area (Å²) >= 11 is 0. The van der Waals surface area contributed by atoms with Gasteiger partial charge in [0, 0.05) is 17.3 Å². The van der Waals surface area contributed by atoms with Gasteiger partial charge < -0.3 is 15.1 Å². The van der Waals surface area contributed by atoms with Crippen LogP contribution >= 0.6 is 0 Å². The lowest BCUT2D eigenvalue weighted by Gasteiger charge is -2.16. The van der Waals surface area contributed by atoms with Gasteiger partial charge in [0.2, 0.25) is 0 Å². The topological polar surface area (TPSA) is 54.3 Å². The first kappa shape index (κ1) is 13.7. The molecule has 1 aromatic heterocycles. The van der Waals surface area contributed by atoms with Crippen molar-refractivity contribution in [3.8, 4) is 0 Å². The number of carbonyl (C=O) groups is 1. The molecule has 4 heteroatoms. The lowest BCUT2D eigenvalue weighted by atomic mass is 10.1. The number of anilines is 1. The van der Waals surface area contributed by atoms with Gasteiger partial charge in [-0.1, -0.05) is 13.0 Å². The summed E-state index contributed by atoms with van der Waals surface area (Å²) in [4.78, 5) is 12.1. The Hall–Kier alpha value is -2.23. The van der Waals surface area contributed by atoms with Crippen LogP contribution in [0.2, 0.25) is 0 Å². The molecule has 1 unspecified atom stereocenters. The van der Waals surface area contributed by atoms with Gasteiger partial charge in [-0.15, -0.1) is 0 Å². The van der Waals surface area contributed by atoms with Crippen LogP contribution in [0, 0.1) is 0 Å². The van der Waals surface area contributed by atoms with E-state index in [9.17, 15) is 4.79 Å². The maximum atomic E-state index is 12.1. The predicted octanol–water partition coefficient (Wildman–Crippen LogP) is 3.74. The monoisotopic (exact) mass is 284 g/mol. The normalized spacial score (nSPS) is 15.5. The van der Waals surface area contributed by atoms with E-state index in [0.717, 1.165) is 30.7 Å². The molecule has 1 fully saturated rings. The molecule has 0 radical (unpaired) electrons. The Labute approximate surface area is 124 Å². The maximum absolute atomic E-state index is 12.1. The Kier molecular flexibility index (Phi) is 3.95. The zero-order valence-electron chi connectivity index (χ0n) is 12.1. The molecule has 1 aliphatic rings. The molecule has 110 valence electrons. The Morgan fingerprint density at radius 2 is 2.19 bits per heavy atom. The van der Waals surface area contributed by atoms with Crippen molar-refractivity contribution in [2.45, 2.75) is 38.3 Å². The van der Waals surface area contributed by atoms with Crippen LogP contribution in [-0.4, -0.2) is 11.9 Å². The molecule has 21 heavy (non-hydrogen) atoms. The fourth-order valence-electron chi connectivity index (χ4n) is 2.31. The lowest BCUT2D eigenvalue weighted by molar-refractivity contribution is 0.0951. The van der Waals surface area contributed by atoms with Crippen LogP contribution in [0.3, 0.4) is 0 Å². The summed E-state index contributed by atoms with van der Waals surface area (Å²) in [5.74, 6) is 0.914. The Balaban J connectivity index is 1.71. The minimum absolute atomic E-state index is 0.00666. The first-order valence-electron chi connectivity index (χ1n) is 7.47. The molecule has 1 heterocycles. The number of benzene rings is 1. The van der Waals surface area contributed by atoms with Crippen LogP contribution in [-0.2, 0) is 0 Å². The fourth-order valence-corrected chi connectivity index (χ4v) is 2.31. The number of rotatable bonds is 6. The Bertz CT molecular complexity index is 603. The van der Waals surface area contributed by atoms with E-state index in [-0.39, 0.29) is 11.9 Å². The molecule has 0 saturated heterocycles. The lowest BCUT2D eigenvalue weighted by Crippen LogP contribution is -2.25. The highest BCUT2D eigenvalue weighted by Crippen LogP contribution is 2.24. The van der Waals surface area contributed by atoms with E-state index >= 15 is 0 Å². The molecule has 0 bridgehead atoms. The van der Waals surface area contributed by atoms with Gasteiger partial charge in [0.1, 0.15) is 5.76 Å². The van der Waals surface area contributed by atoms with Crippen molar-refractivity contribution in [2.24, 2.45) is 0 Å². The fraction of sp³-hybridized carbons (Fsp3) is 0.353. The zero-order valence-corrected chi connectivity index (χ0v) is 12.1. The van der Waals surface area contributed by atoms with Gasteiger partial charge in [0.15, 0.2) is 0 Å². The summed E-state index contributed by atoms with van der Waals surface area (Å²) in [6.45, 7) is 2.10. The van der Waals surface area contributed by atoms with Gasteiger partial charge in [-0.2, -0.15) is 0 Å². The molecule has 1 atom stereocenters. The van der Waals surface area contributed by atoms with E-state index in [1.807, 2.05) is 36.4 Å². The zero-order chi connectivity index (χ0) is 14.7. The van der Waals surface area contributed by atoms with Gasteiger partial charge in [0.25, 0.3) is 5.91 Å². The summed E-state index contributed by atoms with van der Waals surface area (Å²) < 4.78 is 5.46. The molecule has 1 aliphatic carbocycles. The molecular formula is C17H20N2O2. The predicted molar refractivity (Wildman–Crippen MR) is 82.3 cm³/mol. The van der Waals surface area contributed by atoms with Crippen LogP contribution in [0.15, 0.2) is 47.1 Å². The van der Waals surface area contributed by atoms with Gasteiger partial charge in [0.05, 0.1) is 12.3 Å². The van der Waals surface area contributed by atoms with E-state index in [2.05, 4.69) is 17.6 Å². The van der Waals surface area contributed by atoms with E-state index < -0.39 is 0 Å². The minimum Gasteiger partial charge on any atom is -0.467 e. The molecule has 4 nitrogen and oxygen atoms in total. The van der Waals surface area contributed by atoms with Crippen molar-refractivity contribution in [2.75, 3.05) is 5.32 Å². The van der Waals surface area contributed by atoms with Crippen molar-refractivity contribution < 1.29 is 9.21 Å². The second kappa shape index (κ2) is 6.04. The molecule has 1 amide bonds. The highest BCUT2D eigenvalue weighted by Gasteiger charge is 2.23. The number of amides is 1. The van der Waals surface area contributed by atoms with Crippen molar-refractivity contribution >= 4 is 11.6 Å². The average Bonchev–Trinajstić information content (AvgIpc) is 3.15. The largest absolute Gasteiger partial charge is 0.467 e. The third kappa shape index (κ3) is 3.45. The minimum atomic E-state index is 0.00666. The van der Waals surface area contributed by atoms with Crippen LogP contribution in [0.5, 0.6) is 0 Å². The Morgan fingerprint density at radius 3 is 2.86 bits per heavy atom. The first-order chi connectivity index (χ1) is 10.3. The number of furan rings is 1. The number of carbonyl (C=O) groups excluding carboxylic acids is 1. The molecule has 1 saturated carbocycles. The third-order valence-electron chi connectivity index (χ3n) is 3.67. The molecule has 2 aromatic rings. The van der Waals surface area contributed by atoms with Crippen molar-refractivity contribution in [1.82, 2.24) is 5.32 Å². The average molecular weight is 284 g/mol.